The molecule has 1 heterocycles. The molecule has 4 rings (SSSR count). The van der Waals surface area contributed by atoms with Crippen molar-refractivity contribution in [2.24, 2.45) is 0 Å². The molecule has 0 saturated carbocycles. The van der Waals surface area contributed by atoms with Gasteiger partial charge in [-0.2, -0.15) is 0 Å². The quantitative estimate of drug-likeness (QED) is 0.402. The number of benzene rings is 3. The van der Waals surface area contributed by atoms with E-state index in [1.54, 1.807) is 0 Å². The van der Waals surface area contributed by atoms with E-state index in [0.29, 0.717) is 0 Å². The van der Waals surface area contributed by atoms with Gasteiger partial charge < -0.3 is 0 Å². The van der Waals surface area contributed by atoms with E-state index in [0.717, 1.165) is 5.69 Å². The fourth-order valence-corrected chi connectivity index (χ4v) is 3.57. The molecular weight excluding hydrogens is 314 g/mol. The summed E-state index contributed by atoms with van der Waals surface area (Å²) < 4.78 is 0. The van der Waals surface area contributed by atoms with Crippen molar-refractivity contribution in [3.63, 3.8) is 0 Å². The van der Waals surface area contributed by atoms with E-state index in [9.17, 15) is 0 Å². The van der Waals surface area contributed by atoms with Gasteiger partial charge in [-0.05, 0) is 35.2 Å². The molecule has 0 aliphatic heterocycles. The first-order valence-electron chi connectivity index (χ1n) is 8.95. The van der Waals surface area contributed by atoms with Gasteiger partial charge >= 0.3 is 0 Å². The van der Waals surface area contributed by atoms with Crippen LogP contribution in [-0.2, 0) is 0 Å². The summed E-state index contributed by atoms with van der Waals surface area (Å²) in [6, 6.07) is 34.2. The number of rotatable bonds is 4. The van der Waals surface area contributed by atoms with Crippen molar-refractivity contribution in [3.8, 4) is 11.3 Å². The molecule has 0 saturated heterocycles. The van der Waals surface area contributed by atoms with Crippen LogP contribution in [0.3, 0.4) is 0 Å². The summed E-state index contributed by atoms with van der Waals surface area (Å²) in [5, 5.41) is 0. The van der Waals surface area contributed by atoms with E-state index in [1.165, 1.54) is 27.8 Å². The van der Waals surface area contributed by atoms with Gasteiger partial charge in [0.25, 0.3) is 0 Å². The van der Waals surface area contributed by atoms with Gasteiger partial charge in [0.05, 0.1) is 5.69 Å². The van der Waals surface area contributed by atoms with Gasteiger partial charge in [-0.15, -0.1) is 0 Å². The van der Waals surface area contributed by atoms with Crippen molar-refractivity contribution in [1.82, 2.24) is 4.98 Å². The smallest absolute Gasteiger partial charge is 0.0734 e. The summed E-state index contributed by atoms with van der Waals surface area (Å²) in [6.07, 6.45) is 1.87. The van der Waals surface area contributed by atoms with Crippen LogP contribution >= 0.6 is 0 Å². The highest BCUT2D eigenvalue weighted by atomic mass is 14.7. The first-order chi connectivity index (χ1) is 12.8. The Kier molecular flexibility index (Phi) is 4.61. The normalized spacial score (nSPS) is 10.8. The average Bonchev–Trinajstić information content (AvgIpc) is 2.71. The predicted molar refractivity (Wildman–Crippen MR) is 108 cm³/mol. The summed E-state index contributed by atoms with van der Waals surface area (Å²) >= 11 is 0. The van der Waals surface area contributed by atoms with E-state index < -0.39 is 0 Å². The van der Waals surface area contributed by atoms with Crippen molar-refractivity contribution in [3.05, 3.63) is 126 Å². The fourth-order valence-electron chi connectivity index (χ4n) is 3.57. The number of hydrogen-bond acceptors (Lipinski definition) is 1. The van der Waals surface area contributed by atoms with E-state index in [2.05, 4.69) is 103 Å². The highest BCUT2D eigenvalue weighted by Crippen LogP contribution is 2.37. The first-order valence-corrected chi connectivity index (χ1v) is 8.95. The summed E-state index contributed by atoms with van der Waals surface area (Å²) in [4.78, 5) is 4.68. The van der Waals surface area contributed by atoms with Crippen LogP contribution in [0.2, 0.25) is 0 Å². The molecule has 0 spiro atoms. The Labute approximate surface area is 155 Å². The lowest BCUT2D eigenvalue weighted by atomic mass is 9.82. The summed E-state index contributed by atoms with van der Waals surface area (Å²) in [7, 11) is 0. The molecule has 0 fully saturated rings. The van der Waals surface area contributed by atoms with Gasteiger partial charge in [-0.1, -0.05) is 91.0 Å². The Bertz CT molecular complexity index is 951. The lowest BCUT2D eigenvalue weighted by molar-refractivity contribution is 0.977. The van der Waals surface area contributed by atoms with Gasteiger partial charge in [0, 0.05) is 17.7 Å². The van der Waals surface area contributed by atoms with Crippen molar-refractivity contribution in [2.45, 2.75) is 12.8 Å². The second-order valence-electron chi connectivity index (χ2n) is 6.51. The third-order valence-corrected chi connectivity index (χ3v) is 4.80. The molecule has 0 aliphatic rings. The van der Waals surface area contributed by atoms with Crippen molar-refractivity contribution in [2.75, 3.05) is 0 Å². The summed E-state index contributed by atoms with van der Waals surface area (Å²) in [5.41, 5.74) is 7.31. The Morgan fingerprint density at radius 3 is 1.81 bits per heavy atom. The van der Waals surface area contributed by atoms with Crippen LogP contribution in [0, 0.1) is 6.92 Å². The van der Waals surface area contributed by atoms with Gasteiger partial charge in [0.2, 0.25) is 0 Å². The van der Waals surface area contributed by atoms with Crippen LogP contribution in [0.5, 0.6) is 0 Å². The number of nitrogens with zero attached hydrogens (tertiary/aromatic N) is 1. The third-order valence-electron chi connectivity index (χ3n) is 4.80. The standard InChI is InChI=1S/C25H21N/c1-19-11-10-18-26-25(19)23-17-9-8-16-22(23)24(20-12-4-2-5-13-20)21-14-6-3-7-15-21/h2-18,24H,1H3. The van der Waals surface area contributed by atoms with Crippen molar-refractivity contribution in [1.29, 1.82) is 0 Å². The van der Waals surface area contributed by atoms with E-state index in [-0.39, 0.29) is 5.92 Å². The van der Waals surface area contributed by atoms with Gasteiger partial charge in [0.1, 0.15) is 0 Å². The minimum Gasteiger partial charge on any atom is -0.256 e. The molecule has 1 heteroatoms. The molecule has 4 aromatic rings. The molecule has 0 aliphatic carbocycles. The van der Waals surface area contributed by atoms with Crippen LogP contribution in [0.4, 0.5) is 0 Å². The molecule has 0 bridgehead atoms. The van der Waals surface area contributed by atoms with Crippen LogP contribution in [0.1, 0.15) is 28.2 Å². The highest BCUT2D eigenvalue weighted by Gasteiger charge is 2.20. The Morgan fingerprint density at radius 2 is 1.19 bits per heavy atom. The van der Waals surface area contributed by atoms with E-state index in [1.807, 2.05) is 12.3 Å². The molecule has 0 unspecified atom stereocenters. The molecule has 1 aromatic heterocycles. The average molecular weight is 335 g/mol. The molecule has 0 amide bonds. The van der Waals surface area contributed by atoms with E-state index >= 15 is 0 Å². The zero-order chi connectivity index (χ0) is 17.8. The minimum atomic E-state index is 0.176. The van der Waals surface area contributed by atoms with Crippen LogP contribution in [0.25, 0.3) is 11.3 Å². The van der Waals surface area contributed by atoms with Crippen LogP contribution < -0.4 is 0 Å². The van der Waals surface area contributed by atoms with E-state index in [4.69, 9.17) is 0 Å². The Morgan fingerprint density at radius 1 is 0.615 bits per heavy atom. The summed E-state index contributed by atoms with van der Waals surface area (Å²) in [5.74, 6) is 0.176. The SMILES string of the molecule is Cc1cccnc1-c1ccccc1C(c1ccccc1)c1ccccc1. The topological polar surface area (TPSA) is 12.9 Å². The maximum absolute atomic E-state index is 4.68. The predicted octanol–water partition coefficient (Wildman–Crippen LogP) is 6.24. The molecular formula is C25H21N. The van der Waals surface area contributed by atoms with Gasteiger partial charge in [-0.25, -0.2) is 0 Å². The van der Waals surface area contributed by atoms with Crippen molar-refractivity contribution < 1.29 is 0 Å². The number of aromatic nitrogens is 1. The Hall–Kier alpha value is -3.19. The molecule has 26 heavy (non-hydrogen) atoms. The maximum atomic E-state index is 4.68. The molecule has 1 nitrogen and oxygen atoms in total. The van der Waals surface area contributed by atoms with Gasteiger partial charge in [-0.3, -0.25) is 4.98 Å². The fraction of sp³-hybridized carbons (Fsp3) is 0.0800. The van der Waals surface area contributed by atoms with Crippen LogP contribution in [-0.4, -0.2) is 4.98 Å². The number of pyridine rings is 1. The second kappa shape index (κ2) is 7.37. The highest BCUT2D eigenvalue weighted by molar-refractivity contribution is 5.69. The monoisotopic (exact) mass is 335 g/mol. The van der Waals surface area contributed by atoms with Crippen LogP contribution in [0.15, 0.2) is 103 Å². The van der Waals surface area contributed by atoms with Crippen molar-refractivity contribution >= 4 is 0 Å². The molecule has 0 radical (unpaired) electrons. The second-order valence-corrected chi connectivity index (χ2v) is 6.51. The molecule has 0 N–H and O–H groups in total. The third kappa shape index (κ3) is 3.16. The van der Waals surface area contributed by atoms with Gasteiger partial charge in [0.15, 0.2) is 0 Å². The largest absolute Gasteiger partial charge is 0.256 e. The minimum absolute atomic E-state index is 0.176. The number of hydrogen-bond donors (Lipinski definition) is 0. The first kappa shape index (κ1) is 16.3. The molecule has 3 aromatic carbocycles. The molecule has 0 atom stereocenters. The summed E-state index contributed by atoms with van der Waals surface area (Å²) in [6.45, 7) is 2.12. The zero-order valence-electron chi connectivity index (χ0n) is 14.8. The number of aryl methyl sites for hydroxylation is 1. The zero-order valence-corrected chi connectivity index (χ0v) is 14.8. The molecule has 126 valence electrons. The Balaban J connectivity index is 1.95. The lowest BCUT2D eigenvalue weighted by Crippen LogP contribution is -2.06. The lowest BCUT2D eigenvalue weighted by Gasteiger charge is -2.22. The maximum Gasteiger partial charge on any atom is 0.0734 e.